The van der Waals surface area contributed by atoms with Gasteiger partial charge in [-0.1, -0.05) is 12.2 Å². The lowest BCUT2D eigenvalue weighted by Gasteiger charge is -2.15. The number of nitrogens with zero attached hydrogens (tertiary/aromatic N) is 1. The van der Waals surface area contributed by atoms with Crippen molar-refractivity contribution >= 4 is 23.4 Å². The van der Waals surface area contributed by atoms with Gasteiger partial charge in [-0.05, 0) is 43.5 Å². The zero-order valence-electron chi connectivity index (χ0n) is 13.4. The smallest absolute Gasteiger partial charge is 0.233 e. The van der Waals surface area contributed by atoms with Crippen LogP contribution in [0.2, 0.25) is 0 Å². The number of imide groups is 1. The van der Waals surface area contributed by atoms with Gasteiger partial charge >= 0.3 is 0 Å². The van der Waals surface area contributed by atoms with Gasteiger partial charge in [-0.3, -0.25) is 19.3 Å². The Hall–Kier alpha value is -2.50. The van der Waals surface area contributed by atoms with Crippen LogP contribution in [0.15, 0.2) is 30.4 Å². The molecular weight excluding hydrogens is 311 g/mol. The molecule has 24 heavy (non-hydrogen) atoms. The van der Waals surface area contributed by atoms with E-state index in [1.165, 1.54) is 23.1 Å². The van der Waals surface area contributed by atoms with E-state index in [2.05, 4.69) is 5.32 Å². The Morgan fingerprint density at radius 1 is 1.21 bits per heavy atom. The third kappa shape index (κ3) is 3.09. The molecule has 1 aromatic carbocycles. The van der Waals surface area contributed by atoms with Crippen LogP contribution in [0.4, 0.5) is 10.1 Å². The number of hydrogen-bond acceptors (Lipinski definition) is 3. The highest BCUT2D eigenvalue weighted by Crippen LogP contribution is 2.35. The number of likely N-dealkylation sites (tertiary alicyclic amines) is 1. The fraction of sp³-hybridized carbons (Fsp3) is 0.389. The molecule has 1 fully saturated rings. The van der Waals surface area contributed by atoms with Gasteiger partial charge in [0.25, 0.3) is 0 Å². The molecule has 1 aliphatic carbocycles. The van der Waals surface area contributed by atoms with Crippen LogP contribution in [0.5, 0.6) is 0 Å². The fourth-order valence-electron chi connectivity index (χ4n) is 3.28. The summed E-state index contributed by atoms with van der Waals surface area (Å²) in [6.07, 6.45) is 5.07. The van der Waals surface area contributed by atoms with Gasteiger partial charge in [0, 0.05) is 18.7 Å². The van der Waals surface area contributed by atoms with Crippen LogP contribution in [0.3, 0.4) is 0 Å². The molecule has 5 nitrogen and oxygen atoms in total. The normalized spacial score (nSPS) is 22.7. The molecular formula is C18H19FN2O3. The highest BCUT2D eigenvalue weighted by molar-refractivity contribution is 6.05. The summed E-state index contributed by atoms with van der Waals surface area (Å²) < 4.78 is 13.1. The topological polar surface area (TPSA) is 66.5 Å². The van der Waals surface area contributed by atoms with Crippen molar-refractivity contribution in [1.82, 2.24) is 4.90 Å². The Morgan fingerprint density at radius 3 is 2.42 bits per heavy atom. The predicted molar refractivity (Wildman–Crippen MR) is 86.5 cm³/mol. The second kappa shape index (κ2) is 6.55. The second-order valence-electron chi connectivity index (χ2n) is 6.24. The molecule has 0 aromatic heterocycles. The van der Waals surface area contributed by atoms with E-state index in [0.717, 1.165) is 0 Å². The van der Waals surface area contributed by atoms with Crippen molar-refractivity contribution < 1.29 is 18.8 Å². The number of halogens is 1. The number of allylic oxidation sites excluding steroid dienone is 2. The van der Waals surface area contributed by atoms with Crippen LogP contribution in [-0.2, 0) is 14.4 Å². The fourth-order valence-corrected chi connectivity index (χ4v) is 3.28. The lowest BCUT2D eigenvalue weighted by Crippen LogP contribution is -2.34. The molecule has 1 heterocycles. The van der Waals surface area contributed by atoms with Gasteiger partial charge in [0.15, 0.2) is 0 Å². The summed E-state index contributed by atoms with van der Waals surface area (Å²) in [7, 11) is 0. The summed E-state index contributed by atoms with van der Waals surface area (Å²) in [4.78, 5) is 37.9. The molecule has 1 aromatic rings. The van der Waals surface area contributed by atoms with Crippen molar-refractivity contribution in [1.29, 1.82) is 0 Å². The summed E-state index contributed by atoms with van der Waals surface area (Å²) in [5, 5.41) is 2.69. The van der Waals surface area contributed by atoms with Gasteiger partial charge in [-0.25, -0.2) is 4.39 Å². The third-order valence-electron chi connectivity index (χ3n) is 4.62. The molecule has 3 amide bonds. The van der Waals surface area contributed by atoms with Crippen molar-refractivity contribution in [3.05, 3.63) is 41.7 Å². The summed E-state index contributed by atoms with van der Waals surface area (Å²) in [6, 6.07) is 4.10. The van der Waals surface area contributed by atoms with Gasteiger partial charge in [0.05, 0.1) is 11.8 Å². The number of rotatable bonds is 4. The molecule has 6 heteroatoms. The van der Waals surface area contributed by atoms with Crippen LogP contribution in [0, 0.1) is 24.6 Å². The molecule has 0 spiro atoms. The first kappa shape index (κ1) is 16.4. The minimum absolute atomic E-state index is 0.0289. The maximum Gasteiger partial charge on any atom is 0.233 e. The SMILES string of the molecule is Cc1cc(F)ccc1NC(=O)CCN1C(=O)[C@@H]2CC=CC[C@H]2C1=O. The van der Waals surface area contributed by atoms with Crippen LogP contribution in [0.1, 0.15) is 24.8 Å². The molecule has 2 atom stereocenters. The van der Waals surface area contributed by atoms with E-state index in [0.29, 0.717) is 24.1 Å². The van der Waals surface area contributed by atoms with Crippen molar-refractivity contribution in [2.24, 2.45) is 11.8 Å². The highest BCUT2D eigenvalue weighted by Gasteiger charge is 2.46. The van der Waals surface area contributed by atoms with Gasteiger partial charge in [0.2, 0.25) is 17.7 Å². The average Bonchev–Trinajstić information content (AvgIpc) is 2.80. The number of benzene rings is 1. The zero-order valence-corrected chi connectivity index (χ0v) is 13.4. The highest BCUT2D eigenvalue weighted by atomic mass is 19.1. The molecule has 1 aliphatic heterocycles. The minimum Gasteiger partial charge on any atom is -0.326 e. The third-order valence-corrected chi connectivity index (χ3v) is 4.62. The molecule has 0 radical (unpaired) electrons. The van der Waals surface area contributed by atoms with E-state index in [4.69, 9.17) is 0 Å². The zero-order chi connectivity index (χ0) is 17.3. The molecule has 0 saturated carbocycles. The first-order valence-electron chi connectivity index (χ1n) is 8.03. The minimum atomic E-state index is -0.366. The Labute approximate surface area is 139 Å². The number of hydrogen-bond donors (Lipinski definition) is 1. The van der Waals surface area contributed by atoms with Gasteiger partial charge < -0.3 is 5.32 Å². The monoisotopic (exact) mass is 330 g/mol. The Morgan fingerprint density at radius 2 is 1.83 bits per heavy atom. The summed E-state index contributed by atoms with van der Waals surface area (Å²) in [6.45, 7) is 1.78. The van der Waals surface area contributed by atoms with E-state index >= 15 is 0 Å². The maximum atomic E-state index is 13.1. The van der Waals surface area contributed by atoms with Crippen LogP contribution < -0.4 is 5.32 Å². The first-order valence-corrected chi connectivity index (χ1v) is 8.03. The standard InChI is InChI=1S/C18H19FN2O3/c1-11-10-12(19)6-7-15(11)20-16(22)8-9-21-17(23)13-4-2-3-5-14(13)18(21)24/h2-3,6-7,10,13-14H,4-5,8-9H2,1H3,(H,20,22)/t13-,14-/m1/s1. The summed E-state index contributed by atoms with van der Waals surface area (Å²) >= 11 is 0. The number of fused-ring (bicyclic) bond motifs is 1. The summed E-state index contributed by atoms with van der Waals surface area (Å²) in [5.74, 6) is -1.58. The molecule has 126 valence electrons. The van der Waals surface area contributed by atoms with E-state index < -0.39 is 0 Å². The van der Waals surface area contributed by atoms with E-state index in [1.54, 1.807) is 6.92 Å². The van der Waals surface area contributed by atoms with Crippen LogP contribution in [0.25, 0.3) is 0 Å². The molecule has 1 saturated heterocycles. The lowest BCUT2D eigenvalue weighted by molar-refractivity contribution is -0.140. The van der Waals surface area contributed by atoms with Crippen LogP contribution in [-0.4, -0.2) is 29.2 Å². The number of aryl methyl sites for hydroxylation is 1. The Balaban J connectivity index is 1.58. The number of nitrogens with one attached hydrogen (secondary N) is 1. The van der Waals surface area contributed by atoms with Gasteiger partial charge in [0.1, 0.15) is 5.82 Å². The van der Waals surface area contributed by atoms with Crippen molar-refractivity contribution in [3.63, 3.8) is 0 Å². The molecule has 3 rings (SSSR count). The average molecular weight is 330 g/mol. The van der Waals surface area contributed by atoms with Gasteiger partial charge in [-0.15, -0.1) is 0 Å². The predicted octanol–water partition coefficient (Wildman–Crippen LogP) is 2.41. The van der Waals surface area contributed by atoms with Crippen molar-refractivity contribution in [2.45, 2.75) is 26.2 Å². The maximum absolute atomic E-state index is 13.1. The van der Waals surface area contributed by atoms with Crippen molar-refractivity contribution in [2.75, 3.05) is 11.9 Å². The van der Waals surface area contributed by atoms with Crippen molar-refractivity contribution in [3.8, 4) is 0 Å². The largest absolute Gasteiger partial charge is 0.326 e. The van der Waals surface area contributed by atoms with E-state index in [1.807, 2.05) is 12.2 Å². The first-order chi connectivity index (χ1) is 11.5. The van der Waals surface area contributed by atoms with Crippen LogP contribution >= 0.6 is 0 Å². The Bertz CT molecular complexity index is 703. The second-order valence-corrected chi connectivity index (χ2v) is 6.24. The number of anilines is 1. The van der Waals surface area contributed by atoms with Gasteiger partial charge in [-0.2, -0.15) is 0 Å². The number of amides is 3. The molecule has 0 bridgehead atoms. The lowest BCUT2D eigenvalue weighted by atomic mass is 9.85. The number of carbonyl (C=O) groups is 3. The molecule has 0 unspecified atom stereocenters. The number of carbonyl (C=O) groups excluding carboxylic acids is 3. The molecule has 2 aliphatic rings. The Kier molecular flexibility index (Phi) is 4.46. The van der Waals surface area contributed by atoms with E-state index in [9.17, 15) is 18.8 Å². The van der Waals surface area contributed by atoms with E-state index in [-0.39, 0.29) is 48.3 Å². The quantitative estimate of drug-likeness (QED) is 0.681. The summed E-state index contributed by atoms with van der Waals surface area (Å²) in [5.41, 5.74) is 1.15. The molecule has 1 N–H and O–H groups in total.